The molecular weight excluding hydrogens is 134 g/mol. The van der Waals surface area contributed by atoms with Crippen molar-refractivity contribution in [1.82, 2.24) is 4.37 Å². The molecule has 1 aromatic rings. The van der Waals surface area contributed by atoms with Crippen LogP contribution in [0.3, 0.4) is 0 Å². The van der Waals surface area contributed by atoms with Gasteiger partial charge in [0.05, 0.1) is 5.56 Å². The first-order chi connectivity index (χ1) is 4.38. The summed E-state index contributed by atoms with van der Waals surface area (Å²) in [4.78, 5) is 10.1. The summed E-state index contributed by atoms with van der Waals surface area (Å²) in [7, 11) is 0. The normalized spacial score (nSPS) is 8.33. The smallest absolute Gasteiger partial charge is 0.170 e. The van der Waals surface area contributed by atoms with Crippen LogP contribution in [0, 0.1) is 12.3 Å². The summed E-state index contributed by atoms with van der Waals surface area (Å²) in [6, 6.07) is 0. The number of aldehydes is 1. The monoisotopic (exact) mass is 137 g/mol. The van der Waals surface area contributed by atoms with Crippen molar-refractivity contribution in [3.05, 3.63) is 16.6 Å². The number of nitrogens with zero attached hydrogens (tertiary/aromatic N) is 1. The Morgan fingerprint density at radius 1 is 1.89 bits per heavy atom. The topological polar surface area (TPSA) is 30.0 Å². The summed E-state index contributed by atoms with van der Waals surface area (Å²) >= 11 is 1.19. The minimum Gasteiger partial charge on any atom is -0.296 e. The van der Waals surface area contributed by atoms with Gasteiger partial charge in [-0.2, -0.15) is 4.37 Å². The fraction of sp³-hybridized carbons (Fsp3) is 0. The molecular formula is C6H3NOS. The molecule has 0 saturated carbocycles. The van der Waals surface area contributed by atoms with Gasteiger partial charge in [0.25, 0.3) is 0 Å². The van der Waals surface area contributed by atoms with Gasteiger partial charge in [-0.25, -0.2) is 0 Å². The first kappa shape index (κ1) is 5.99. The molecule has 0 aromatic carbocycles. The van der Waals surface area contributed by atoms with Crippen molar-refractivity contribution in [2.45, 2.75) is 0 Å². The van der Waals surface area contributed by atoms with Crippen molar-refractivity contribution < 1.29 is 4.79 Å². The zero-order chi connectivity index (χ0) is 6.69. The van der Waals surface area contributed by atoms with Crippen molar-refractivity contribution in [1.29, 1.82) is 0 Å². The van der Waals surface area contributed by atoms with Crippen LogP contribution in [0.1, 0.15) is 16.1 Å². The highest BCUT2D eigenvalue weighted by Crippen LogP contribution is 2.05. The van der Waals surface area contributed by atoms with E-state index in [4.69, 9.17) is 6.42 Å². The molecule has 3 heteroatoms. The first-order valence-electron chi connectivity index (χ1n) is 2.24. The van der Waals surface area contributed by atoms with E-state index in [0.29, 0.717) is 17.5 Å². The van der Waals surface area contributed by atoms with E-state index >= 15 is 0 Å². The Labute approximate surface area is 56.7 Å². The number of hydrogen-bond donors (Lipinski definition) is 0. The Morgan fingerprint density at radius 3 is 3.11 bits per heavy atom. The third-order valence-corrected chi connectivity index (χ3v) is 1.51. The Bertz CT molecular complexity index is 258. The third-order valence-electron chi connectivity index (χ3n) is 0.865. The van der Waals surface area contributed by atoms with E-state index < -0.39 is 0 Å². The van der Waals surface area contributed by atoms with Crippen molar-refractivity contribution in [3.63, 3.8) is 0 Å². The molecule has 0 saturated heterocycles. The van der Waals surface area contributed by atoms with Crippen molar-refractivity contribution >= 4 is 17.8 Å². The summed E-state index contributed by atoms with van der Waals surface area (Å²) < 4.78 is 3.74. The van der Waals surface area contributed by atoms with E-state index in [2.05, 4.69) is 10.3 Å². The van der Waals surface area contributed by atoms with Gasteiger partial charge in [-0.1, -0.05) is 5.92 Å². The molecule has 2 nitrogen and oxygen atoms in total. The highest BCUT2D eigenvalue weighted by molar-refractivity contribution is 7.03. The molecule has 0 atom stereocenters. The largest absolute Gasteiger partial charge is 0.296 e. The second-order valence-electron chi connectivity index (χ2n) is 1.38. The lowest BCUT2D eigenvalue weighted by molar-refractivity contribution is 0.112. The maximum Gasteiger partial charge on any atom is 0.170 e. The van der Waals surface area contributed by atoms with Gasteiger partial charge in [-0.05, 0) is 11.5 Å². The molecule has 0 fully saturated rings. The van der Waals surface area contributed by atoms with E-state index in [0.717, 1.165) is 0 Å². The average molecular weight is 137 g/mol. The second kappa shape index (κ2) is 2.42. The summed E-state index contributed by atoms with van der Waals surface area (Å²) in [6.45, 7) is 0. The summed E-state index contributed by atoms with van der Waals surface area (Å²) in [6.07, 6.45) is 5.69. The Hall–Kier alpha value is -1.14. The molecule has 0 amide bonds. The highest BCUT2D eigenvalue weighted by atomic mass is 32.1. The van der Waals surface area contributed by atoms with Crippen LogP contribution in [0.5, 0.6) is 0 Å². The Balaban J connectivity index is 3.17. The number of hydrogen-bond acceptors (Lipinski definition) is 3. The lowest BCUT2D eigenvalue weighted by Crippen LogP contribution is -1.80. The van der Waals surface area contributed by atoms with E-state index in [1.54, 1.807) is 5.38 Å². The van der Waals surface area contributed by atoms with Crippen molar-refractivity contribution in [3.8, 4) is 12.3 Å². The maximum absolute atomic E-state index is 10.1. The second-order valence-corrected chi connectivity index (χ2v) is 2.00. The predicted octanol–water partition coefficient (Wildman–Crippen LogP) is 0.937. The third kappa shape index (κ3) is 0.980. The van der Waals surface area contributed by atoms with E-state index in [1.165, 1.54) is 11.5 Å². The van der Waals surface area contributed by atoms with Gasteiger partial charge in [0.2, 0.25) is 0 Å². The minimum atomic E-state index is 0.363. The van der Waals surface area contributed by atoms with E-state index in [1.807, 2.05) is 0 Å². The van der Waals surface area contributed by atoms with Crippen molar-refractivity contribution in [2.24, 2.45) is 0 Å². The van der Waals surface area contributed by atoms with E-state index in [9.17, 15) is 4.79 Å². The summed E-state index contributed by atoms with van der Waals surface area (Å²) in [5.74, 6) is 2.34. The zero-order valence-electron chi connectivity index (χ0n) is 4.50. The molecule has 1 rings (SSSR count). The molecule has 0 bridgehead atoms. The van der Waals surface area contributed by atoms with Crippen LogP contribution < -0.4 is 0 Å². The molecule has 0 aliphatic heterocycles. The first-order valence-corrected chi connectivity index (χ1v) is 3.08. The molecule has 9 heavy (non-hydrogen) atoms. The van der Waals surface area contributed by atoms with Gasteiger partial charge >= 0.3 is 0 Å². The average Bonchev–Trinajstić information content (AvgIpc) is 2.33. The van der Waals surface area contributed by atoms with E-state index in [-0.39, 0.29) is 0 Å². The highest BCUT2D eigenvalue weighted by Gasteiger charge is 1.98. The molecule has 0 spiro atoms. The predicted molar refractivity (Wildman–Crippen MR) is 35.4 cm³/mol. The number of terminal acetylenes is 1. The van der Waals surface area contributed by atoms with Gasteiger partial charge in [-0.15, -0.1) is 6.42 Å². The molecule has 1 aromatic heterocycles. The van der Waals surface area contributed by atoms with Crippen molar-refractivity contribution in [2.75, 3.05) is 0 Å². The standard InChI is InChI=1S/C6H3NOS/c1-2-5-4-9-7-6(5)3-8/h1,3-4H. The van der Waals surface area contributed by atoms with Crippen LogP contribution in [-0.2, 0) is 0 Å². The maximum atomic E-state index is 10.1. The van der Waals surface area contributed by atoms with Gasteiger partial charge < -0.3 is 0 Å². The van der Waals surface area contributed by atoms with Crippen LogP contribution in [-0.4, -0.2) is 10.7 Å². The Kier molecular flexibility index (Phi) is 1.61. The molecule has 0 N–H and O–H groups in total. The van der Waals surface area contributed by atoms with Crippen LogP contribution in [0.25, 0.3) is 0 Å². The lowest BCUT2D eigenvalue weighted by atomic mass is 10.3. The molecule has 0 aliphatic rings. The summed E-state index contributed by atoms with van der Waals surface area (Å²) in [5, 5.41) is 1.67. The quantitative estimate of drug-likeness (QED) is 0.426. The molecule has 0 radical (unpaired) electrons. The molecule has 44 valence electrons. The van der Waals surface area contributed by atoms with Gasteiger partial charge in [0.15, 0.2) is 6.29 Å². The zero-order valence-corrected chi connectivity index (χ0v) is 5.31. The molecule has 0 unspecified atom stereocenters. The van der Waals surface area contributed by atoms with Gasteiger partial charge in [0, 0.05) is 5.38 Å². The summed E-state index contributed by atoms with van der Waals surface area (Å²) in [5.41, 5.74) is 0.942. The molecule has 0 aliphatic carbocycles. The van der Waals surface area contributed by atoms with Gasteiger partial charge in [-0.3, -0.25) is 4.79 Å². The van der Waals surface area contributed by atoms with Crippen LogP contribution in [0.15, 0.2) is 5.38 Å². The SMILES string of the molecule is C#Cc1csnc1C=O. The fourth-order valence-electron chi connectivity index (χ4n) is 0.438. The Morgan fingerprint density at radius 2 is 2.67 bits per heavy atom. The molecule has 1 heterocycles. The number of aromatic nitrogens is 1. The van der Waals surface area contributed by atoms with Crippen LogP contribution in [0.2, 0.25) is 0 Å². The fourth-order valence-corrected chi connectivity index (χ4v) is 1.04. The minimum absolute atomic E-state index is 0.363. The lowest BCUT2D eigenvalue weighted by Gasteiger charge is -1.76. The van der Waals surface area contributed by atoms with Gasteiger partial charge in [0.1, 0.15) is 5.69 Å². The van der Waals surface area contributed by atoms with Crippen LogP contribution >= 0.6 is 11.5 Å². The number of rotatable bonds is 1. The van der Waals surface area contributed by atoms with Crippen LogP contribution in [0.4, 0.5) is 0 Å². The number of carbonyl (C=O) groups is 1. The number of carbonyl (C=O) groups excluding carboxylic acids is 1.